The zero-order valence-electron chi connectivity index (χ0n) is 9.11. The van der Waals surface area contributed by atoms with E-state index in [1.807, 2.05) is 12.3 Å². The van der Waals surface area contributed by atoms with Crippen molar-refractivity contribution in [3.8, 4) is 0 Å². The van der Waals surface area contributed by atoms with Crippen LogP contribution < -0.4 is 5.32 Å². The Morgan fingerprint density at radius 2 is 2.35 bits per heavy atom. The van der Waals surface area contributed by atoms with Crippen molar-refractivity contribution in [2.75, 3.05) is 0 Å². The molecule has 6 heteroatoms. The highest BCUT2D eigenvalue weighted by molar-refractivity contribution is 9.10. The molecule has 0 unspecified atom stereocenters. The average Bonchev–Trinajstić information content (AvgIpc) is 2.73. The minimum Gasteiger partial charge on any atom is -0.344 e. The molecule has 0 aliphatic carbocycles. The fraction of sp³-hybridized carbons (Fsp3) is 0.182. The van der Waals surface area contributed by atoms with Crippen LogP contribution in [0.3, 0.4) is 0 Å². The molecular formula is C11H10BrN3OS. The van der Waals surface area contributed by atoms with E-state index in [0.29, 0.717) is 12.2 Å². The Hall–Kier alpha value is -1.27. The van der Waals surface area contributed by atoms with Crippen LogP contribution in [-0.4, -0.2) is 15.9 Å². The lowest BCUT2D eigenvalue weighted by atomic mass is 10.3. The first kappa shape index (κ1) is 12.2. The SMILES string of the molecule is Cc1csc(CNC(=O)c2ccc(Br)cn2)n1. The van der Waals surface area contributed by atoms with Gasteiger partial charge in [-0.3, -0.25) is 4.79 Å². The molecule has 0 saturated heterocycles. The summed E-state index contributed by atoms with van der Waals surface area (Å²) in [6, 6.07) is 3.46. The lowest BCUT2D eigenvalue weighted by molar-refractivity contribution is 0.0946. The first-order valence-electron chi connectivity index (χ1n) is 4.96. The van der Waals surface area contributed by atoms with E-state index in [1.54, 1.807) is 18.3 Å². The second kappa shape index (κ2) is 5.37. The van der Waals surface area contributed by atoms with Gasteiger partial charge in [-0.1, -0.05) is 0 Å². The van der Waals surface area contributed by atoms with E-state index in [9.17, 15) is 4.79 Å². The molecule has 17 heavy (non-hydrogen) atoms. The molecule has 2 rings (SSSR count). The number of thiazole rings is 1. The molecule has 0 spiro atoms. The van der Waals surface area contributed by atoms with Gasteiger partial charge in [-0.25, -0.2) is 9.97 Å². The number of carbonyl (C=O) groups excluding carboxylic acids is 1. The van der Waals surface area contributed by atoms with Crippen LogP contribution in [0.1, 0.15) is 21.2 Å². The van der Waals surface area contributed by atoms with Gasteiger partial charge in [0.05, 0.1) is 6.54 Å². The molecule has 0 fully saturated rings. The van der Waals surface area contributed by atoms with Crippen molar-refractivity contribution in [1.82, 2.24) is 15.3 Å². The Kier molecular flexibility index (Phi) is 3.86. The van der Waals surface area contributed by atoms with Gasteiger partial charge in [0.2, 0.25) is 0 Å². The van der Waals surface area contributed by atoms with Gasteiger partial charge in [0, 0.05) is 21.7 Å². The maximum atomic E-state index is 11.7. The van der Waals surface area contributed by atoms with Gasteiger partial charge in [0.1, 0.15) is 10.7 Å². The van der Waals surface area contributed by atoms with Crippen LogP contribution in [-0.2, 0) is 6.54 Å². The van der Waals surface area contributed by atoms with E-state index in [4.69, 9.17) is 0 Å². The van der Waals surface area contributed by atoms with Crippen LogP contribution >= 0.6 is 27.3 Å². The predicted molar refractivity (Wildman–Crippen MR) is 70.0 cm³/mol. The Bertz CT molecular complexity index is 524. The number of amides is 1. The third-order valence-electron chi connectivity index (χ3n) is 2.03. The summed E-state index contributed by atoms with van der Waals surface area (Å²) in [7, 11) is 0. The fourth-order valence-electron chi connectivity index (χ4n) is 1.24. The highest BCUT2D eigenvalue weighted by atomic mass is 79.9. The molecule has 0 bridgehead atoms. The fourth-order valence-corrected chi connectivity index (χ4v) is 2.19. The summed E-state index contributed by atoms with van der Waals surface area (Å²) in [6.07, 6.45) is 1.60. The van der Waals surface area contributed by atoms with E-state index in [0.717, 1.165) is 15.2 Å². The molecule has 0 saturated carbocycles. The Labute approximate surface area is 111 Å². The second-order valence-corrected chi connectivity index (χ2v) is 5.29. The summed E-state index contributed by atoms with van der Waals surface area (Å²) in [5.74, 6) is -0.189. The van der Waals surface area contributed by atoms with Crippen LogP contribution in [0.5, 0.6) is 0 Å². The number of halogens is 1. The van der Waals surface area contributed by atoms with Gasteiger partial charge in [-0.05, 0) is 35.0 Å². The summed E-state index contributed by atoms with van der Waals surface area (Å²) in [5.41, 5.74) is 1.38. The highest BCUT2D eigenvalue weighted by Crippen LogP contribution is 2.09. The van der Waals surface area contributed by atoms with Crippen LogP contribution in [0.15, 0.2) is 28.2 Å². The van der Waals surface area contributed by atoms with Crippen LogP contribution in [0.4, 0.5) is 0 Å². The Balaban J connectivity index is 1.95. The number of rotatable bonds is 3. The highest BCUT2D eigenvalue weighted by Gasteiger charge is 2.07. The van der Waals surface area contributed by atoms with Crippen molar-refractivity contribution in [1.29, 1.82) is 0 Å². The molecule has 88 valence electrons. The van der Waals surface area contributed by atoms with E-state index < -0.39 is 0 Å². The molecule has 0 aliphatic heterocycles. The molecule has 2 heterocycles. The standard InChI is InChI=1S/C11H10BrN3OS/c1-7-6-17-10(15-7)5-14-11(16)9-3-2-8(12)4-13-9/h2-4,6H,5H2,1H3,(H,14,16). The lowest BCUT2D eigenvalue weighted by Crippen LogP contribution is -2.23. The zero-order chi connectivity index (χ0) is 12.3. The van der Waals surface area contributed by atoms with Crippen molar-refractivity contribution >= 4 is 33.2 Å². The smallest absolute Gasteiger partial charge is 0.270 e. The van der Waals surface area contributed by atoms with E-state index >= 15 is 0 Å². The molecule has 0 atom stereocenters. The number of aromatic nitrogens is 2. The number of aryl methyl sites for hydroxylation is 1. The topological polar surface area (TPSA) is 54.9 Å². The Morgan fingerprint density at radius 3 is 2.94 bits per heavy atom. The lowest BCUT2D eigenvalue weighted by Gasteiger charge is -2.02. The molecule has 0 aromatic carbocycles. The van der Waals surface area contributed by atoms with Crippen LogP contribution in [0.2, 0.25) is 0 Å². The summed E-state index contributed by atoms with van der Waals surface area (Å²) >= 11 is 4.81. The van der Waals surface area contributed by atoms with Gasteiger partial charge in [0.15, 0.2) is 0 Å². The van der Waals surface area contributed by atoms with Gasteiger partial charge in [0.25, 0.3) is 5.91 Å². The zero-order valence-corrected chi connectivity index (χ0v) is 11.5. The first-order valence-corrected chi connectivity index (χ1v) is 6.63. The molecule has 0 aliphatic rings. The molecule has 0 radical (unpaired) electrons. The van der Waals surface area contributed by atoms with Gasteiger partial charge >= 0.3 is 0 Å². The number of nitrogens with zero attached hydrogens (tertiary/aromatic N) is 2. The largest absolute Gasteiger partial charge is 0.344 e. The Morgan fingerprint density at radius 1 is 1.53 bits per heavy atom. The molecule has 2 aromatic rings. The third kappa shape index (κ3) is 3.34. The quantitative estimate of drug-likeness (QED) is 0.947. The van der Waals surface area contributed by atoms with Crippen molar-refractivity contribution in [3.63, 3.8) is 0 Å². The van der Waals surface area contributed by atoms with E-state index in [2.05, 4.69) is 31.2 Å². The summed E-state index contributed by atoms with van der Waals surface area (Å²) in [4.78, 5) is 20.0. The maximum absolute atomic E-state index is 11.7. The number of pyridine rings is 1. The molecule has 1 amide bonds. The summed E-state index contributed by atoms with van der Waals surface area (Å²) in [6.45, 7) is 2.37. The van der Waals surface area contributed by atoms with Gasteiger partial charge in [-0.15, -0.1) is 11.3 Å². The maximum Gasteiger partial charge on any atom is 0.270 e. The van der Waals surface area contributed by atoms with Gasteiger partial charge in [-0.2, -0.15) is 0 Å². The average molecular weight is 312 g/mol. The third-order valence-corrected chi connectivity index (χ3v) is 3.46. The second-order valence-electron chi connectivity index (χ2n) is 3.43. The monoisotopic (exact) mass is 311 g/mol. The van der Waals surface area contributed by atoms with Crippen molar-refractivity contribution in [2.24, 2.45) is 0 Å². The van der Waals surface area contributed by atoms with Crippen LogP contribution in [0, 0.1) is 6.92 Å². The van der Waals surface area contributed by atoms with Crippen molar-refractivity contribution < 1.29 is 4.79 Å². The summed E-state index contributed by atoms with van der Waals surface area (Å²) < 4.78 is 0.851. The van der Waals surface area contributed by atoms with Gasteiger partial charge < -0.3 is 5.32 Å². The molecule has 2 aromatic heterocycles. The first-order chi connectivity index (χ1) is 8.15. The number of nitrogens with one attached hydrogen (secondary N) is 1. The van der Waals surface area contributed by atoms with Crippen molar-refractivity contribution in [2.45, 2.75) is 13.5 Å². The minimum atomic E-state index is -0.189. The van der Waals surface area contributed by atoms with Crippen LogP contribution in [0.25, 0.3) is 0 Å². The summed E-state index contributed by atoms with van der Waals surface area (Å²) in [5, 5.41) is 5.63. The predicted octanol–water partition coefficient (Wildman–Crippen LogP) is 2.54. The molecule has 1 N–H and O–H groups in total. The number of hydrogen-bond acceptors (Lipinski definition) is 4. The number of carbonyl (C=O) groups is 1. The van der Waals surface area contributed by atoms with Crippen molar-refractivity contribution in [3.05, 3.63) is 44.6 Å². The minimum absolute atomic E-state index is 0.189. The molecule has 4 nitrogen and oxygen atoms in total. The molecular weight excluding hydrogens is 302 g/mol. The van der Waals surface area contributed by atoms with E-state index in [-0.39, 0.29) is 5.91 Å². The normalized spacial score (nSPS) is 10.2. The van der Waals surface area contributed by atoms with E-state index in [1.165, 1.54) is 11.3 Å². The number of hydrogen-bond donors (Lipinski definition) is 1.